The molecule has 1 amide bonds. The first-order valence-corrected chi connectivity index (χ1v) is 11.4. The molecule has 162 valence electrons. The van der Waals surface area contributed by atoms with Crippen LogP contribution >= 0.6 is 11.8 Å². The molecule has 6 nitrogen and oxygen atoms in total. The number of rotatable bonds is 7. The molecule has 32 heavy (non-hydrogen) atoms. The van der Waals surface area contributed by atoms with Gasteiger partial charge >= 0.3 is 0 Å². The first-order valence-electron chi connectivity index (χ1n) is 10.5. The molecule has 0 saturated carbocycles. The monoisotopic (exact) mass is 444 g/mol. The van der Waals surface area contributed by atoms with E-state index in [2.05, 4.69) is 10.3 Å². The van der Waals surface area contributed by atoms with Crippen molar-refractivity contribution in [3.05, 3.63) is 94.4 Å². The zero-order valence-corrected chi connectivity index (χ0v) is 18.8. The second kappa shape index (κ2) is 9.78. The van der Waals surface area contributed by atoms with Crippen LogP contribution in [0.4, 0.5) is 0 Å². The van der Waals surface area contributed by atoms with Crippen LogP contribution in [0.2, 0.25) is 0 Å². The lowest BCUT2D eigenvalue weighted by molar-refractivity contribution is -0.120. The van der Waals surface area contributed by atoms with Crippen LogP contribution in [0.15, 0.2) is 82.9 Å². The zero-order valence-electron chi connectivity index (χ0n) is 18.0. The molecule has 2 aromatic carbocycles. The second-order valence-corrected chi connectivity index (χ2v) is 8.63. The fourth-order valence-corrected chi connectivity index (χ4v) is 4.43. The van der Waals surface area contributed by atoms with Crippen LogP contribution in [0.25, 0.3) is 16.7 Å². The Kier molecular flexibility index (Phi) is 6.66. The third-order valence-corrected chi connectivity index (χ3v) is 6.41. The fourth-order valence-electron chi connectivity index (χ4n) is 3.38. The highest BCUT2D eigenvalue weighted by Crippen LogP contribution is 2.26. The van der Waals surface area contributed by atoms with Crippen LogP contribution in [0.5, 0.6) is 0 Å². The van der Waals surface area contributed by atoms with Gasteiger partial charge in [-0.05, 0) is 48.7 Å². The number of aromatic nitrogens is 3. The number of nitrogens with zero attached hydrogens (tertiary/aromatic N) is 3. The first-order chi connectivity index (χ1) is 15.6. The van der Waals surface area contributed by atoms with Gasteiger partial charge in [-0.15, -0.1) is 0 Å². The van der Waals surface area contributed by atoms with Gasteiger partial charge in [0.25, 0.3) is 5.56 Å². The van der Waals surface area contributed by atoms with E-state index in [1.807, 2.05) is 74.5 Å². The van der Waals surface area contributed by atoms with Crippen molar-refractivity contribution in [2.24, 2.45) is 0 Å². The number of amides is 1. The van der Waals surface area contributed by atoms with E-state index in [1.54, 1.807) is 12.3 Å². The molecule has 4 rings (SSSR count). The Hall–Kier alpha value is -3.45. The molecule has 1 N–H and O–H groups in total. The molecule has 0 bridgehead atoms. The van der Waals surface area contributed by atoms with Gasteiger partial charge in [0, 0.05) is 12.7 Å². The van der Waals surface area contributed by atoms with Crippen LogP contribution in [-0.2, 0) is 11.3 Å². The number of pyridine rings is 1. The van der Waals surface area contributed by atoms with Crippen LogP contribution < -0.4 is 10.9 Å². The molecule has 0 radical (unpaired) electrons. The smallest absolute Gasteiger partial charge is 0.267 e. The SMILES string of the molecule is CCC(Sc1nc2ccccc2c(=O)n1-c1cc(C)ccn1)C(=O)NCc1ccccc1. The van der Waals surface area contributed by atoms with Crippen LogP contribution in [0.1, 0.15) is 24.5 Å². The van der Waals surface area contributed by atoms with Crippen molar-refractivity contribution in [1.82, 2.24) is 19.9 Å². The van der Waals surface area contributed by atoms with Gasteiger partial charge in [0.1, 0.15) is 5.82 Å². The van der Waals surface area contributed by atoms with Crippen molar-refractivity contribution in [2.75, 3.05) is 0 Å². The Balaban J connectivity index is 1.69. The number of aryl methyl sites for hydroxylation is 1. The summed E-state index contributed by atoms with van der Waals surface area (Å²) >= 11 is 1.29. The van der Waals surface area contributed by atoms with E-state index in [9.17, 15) is 9.59 Å². The maximum atomic E-state index is 13.4. The molecule has 7 heteroatoms. The van der Waals surface area contributed by atoms with Gasteiger partial charge in [0.2, 0.25) is 5.91 Å². The molecule has 0 aliphatic heterocycles. The summed E-state index contributed by atoms with van der Waals surface area (Å²) < 4.78 is 1.51. The van der Waals surface area contributed by atoms with E-state index in [4.69, 9.17) is 4.98 Å². The number of benzene rings is 2. The van der Waals surface area contributed by atoms with E-state index < -0.39 is 5.25 Å². The summed E-state index contributed by atoms with van der Waals surface area (Å²) in [4.78, 5) is 35.5. The standard InChI is InChI=1S/C25H24N4O2S/c1-3-21(23(30)27-16-18-9-5-4-6-10-18)32-25-28-20-12-8-7-11-19(20)24(31)29(25)22-15-17(2)13-14-26-22/h4-15,21H,3,16H2,1-2H3,(H,27,30). The number of hydrogen-bond acceptors (Lipinski definition) is 5. The molecule has 2 aromatic heterocycles. The summed E-state index contributed by atoms with van der Waals surface area (Å²) in [7, 11) is 0. The molecule has 0 spiro atoms. The number of carbonyl (C=O) groups excluding carboxylic acids is 1. The minimum absolute atomic E-state index is 0.0903. The third kappa shape index (κ3) is 4.73. The molecule has 0 saturated heterocycles. The Labute approximate surface area is 190 Å². The molecule has 0 aliphatic carbocycles. The average molecular weight is 445 g/mol. The lowest BCUT2D eigenvalue weighted by Crippen LogP contribution is -2.33. The molecule has 4 aromatic rings. The summed E-state index contributed by atoms with van der Waals surface area (Å²) in [6, 6.07) is 20.7. The summed E-state index contributed by atoms with van der Waals surface area (Å²) in [6.45, 7) is 4.35. The molecule has 2 heterocycles. The van der Waals surface area contributed by atoms with E-state index in [1.165, 1.54) is 16.3 Å². The Morgan fingerprint density at radius 3 is 2.59 bits per heavy atom. The van der Waals surface area contributed by atoms with Crippen molar-refractivity contribution < 1.29 is 4.79 Å². The number of hydrogen-bond donors (Lipinski definition) is 1. The van der Waals surface area contributed by atoms with Gasteiger partial charge in [-0.25, -0.2) is 14.5 Å². The highest BCUT2D eigenvalue weighted by atomic mass is 32.2. The number of carbonyl (C=O) groups is 1. The highest BCUT2D eigenvalue weighted by Gasteiger charge is 2.23. The summed E-state index contributed by atoms with van der Waals surface area (Å²) in [5.74, 6) is 0.405. The van der Waals surface area contributed by atoms with Crippen molar-refractivity contribution in [1.29, 1.82) is 0 Å². The van der Waals surface area contributed by atoms with E-state index in [0.717, 1.165) is 11.1 Å². The third-order valence-electron chi connectivity index (χ3n) is 5.10. The van der Waals surface area contributed by atoms with Gasteiger partial charge in [-0.1, -0.05) is 61.2 Å². The van der Waals surface area contributed by atoms with Gasteiger partial charge in [-0.3, -0.25) is 9.59 Å². The number of para-hydroxylation sites is 1. The molecular weight excluding hydrogens is 420 g/mol. The Bertz CT molecular complexity index is 1300. The van der Waals surface area contributed by atoms with Crippen molar-refractivity contribution >= 4 is 28.6 Å². The van der Waals surface area contributed by atoms with E-state index in [0.29, 0.717) is 34.8 Å². The normalized spacial score (nSPS) is 11.9. The van der Waals surface area contributed by atoms with Crippen molar-refractivity contribution in [3.8, 4) is 5.82 Å². The molecule has 0 aliphatic rings. The van der Waals surface area contributed by atoms with Crippen LogP contribution in [0, 0.1) is 6.92 Å². The number of fused-ring (bicyclic) bond motifs is 1. The molecule has 1 unspecified atom stereocenters. The first kappa shape index (κ1) is 21.8. The highest BCUT2D eigenvalue weighted by molar-refractivity contribution is 8.00. The summed E-state index contributed by atoms with van der Waals surface area (Å²) in [6.07, 6.45) is 2.26. The maximum absolute atomic E-state index is 13.4. The van der Waals surface area contributed by atoms with E-state index in [-0.39, 0.29) is 11.5 Å². The topological polar surface area (TPSA) is 76.9 Å². The Morgan fingerprint density at radius 2 is 1.84 bits per heavy atom. The van der Waals surface area contributed by atoms with Gasteiger partial charge in [0.05, 0.1) is 16.2 Å². The summed E-state index contributed by atoms with van der Waals surface area (Å²) in [5.41, 5.74) is 2.42. The molecular formula is C25H24N4O2S. The summed E-state index contributed by atoms with van der Waals surface area (Å²) in [5, 5.41) is 3.57. The van der Waals surface area contributed by atoms with E-state index >= 15 is 0 Å². The molecule has 0 fully saturated rings. The van der Waals surface area contributed by atoms with Gasteiger partial charge in [0.15, 0.2) is 5.16 Å². The second-order valence-electron chi connectivity index (χ2n) is 7.46. The lowest BCUT2D eigenvalue weighted by Gasteiger charge is -2.18. The average Bonchev–Trinajstić information content (AvgIpc) is 2.82. The minimum atomic E-state index is -0.400. The predicted molar refractivity (Wildman–Crippen MR) is 128 cm³/mol. The minimum Gasteiger partial charge on any atom is -0.351 e. The molecule has 1 atom stereocenters. The fraction of sp³-hybridized carbons (Fsp3) is 0.200. The lowest BCUT2D eigenvalue weighted by atomic mass is 10.2. The van der Waals surface area contributed by atoms with Crippen molar-refractivity contribution in [3.63, 3.8) is 0 Å². The quantitative estimate of drug-likeness (QED) is 0.340. The van der Waals surface area contributed by atoms with Gasteiger partial charge in [-0.2, -0.15) is 0 Å². The van der Waals surface area contributed by atoms with Crippen LogP contribution in [-0.4, -0.2) is 25.7 Å². The Morgan fingerprint density at radius 1 is 1.09 bits per heavy atom. The van der Waals surface area contributed by atoms with Crippen LogP contribution in [0.3, 0.4) is 0 Å². The van der Waals surface area contributed by atoms with Crippen molar-refractivity contribution in [2.45, 2.75) is 37.2 Å². The predicted octanol–water partition coefficient (Wildman–Crippen LogP) is 4.28. The zero-order chi connectivity index (χ0) is 22.5. The number of thioether (sulfide) groups is 1. The number of nitrogens with one attached hydrogen (secondary N) is 1. The maximum Gasteiger partial charge on any atom is 0.267 e. The van der Waals surface area contributed by atoms with Gasteiger partial charge < -0.3 is 5.32 Å². The largest absolute Gasteiger partial charge is 0.351 e.